The molecule has 0 radical (unpaired) electrons. The standard InChI is InChI=1S/C18H18N4O4S/c23-18(24)16-10-15(11-20-12-16)14-2-4-17(5-3-14)27(25,26)21-6-1-8-22-9-7-19-13-22/h2-5,7,9-13,21H,1,6,8H2,(H,23,24). The van der Waals surface area contributed by atoms with Gasteiger partial charge in [0, 0.05) is 43.4 Å². The molecule has 27 heavy (non-hydrogen) atoms. The summed E-state index contributed by atoms with van der Waals surface area (Å²) in [6.07, 6.45) is 8.61. The van der Waals surface area contributed by atoms with Gasteiger partial charge in [0.05, 0.1) is 16.8 Å². The molecule has 0 spiro atoms. The fraction of sp³-hybridized carbons (Fsp3) is 0.167. The van der Waals surface area contributed by atoms with Gasteiger partial charge in [-0.25, -0.2) is 22.9 Å². The van der Waals surface area contributed by atoms with Crippen molar-refractivity contribution in [2.75, 3.05) is 6.54 Å². The first-order chi connectivity index (χ1) is 13.0. The molecule has 0 saturated heterocycles. The van der Waals surface area contributed by atoms with Crippen molar-refractivity contribution >= 4 is 16.0 Å². The Kier molecular flexibility index (Phi) is 5.63. The lowest BCUT2D eigenvalue weighted by Gasteiger charge is -2.08. The van der Waals surface area contributed by atoms with E-state index in [1.807, 2.05) is 10.8 Å². The molecule has 0 atom stereocenters. The highest BCUT2D eigenvalue weighted by Gasteiger charge is 2.13. The van der Waals surface area contributed by atoms with E-state index in [4.69, 9.17) is 5.11 Å². The summed E-state index contributed by atoms with van der Waals surface area (Å²) in [7, 11) is -3.61. The van der Waals surface area contributed by atoms with Gasteiger partial charge in [0.1, 0.15) is 0 Å². The van der Waals surface area contributed by atoms with Crippen LogP contribution in [0.15, 0.2) is 66.3 Å². The third-order valence-corrected chi connectivity index (χ3v) is 5.40. The maximum Gasteiger partial charge on any atom is 0.337 e. The van der Waals surface area contributed by atoms with Crippen LogP contribution >= 0.6 is 0 Å². The maximum atomic E-state index is 12.4. The summed E-state index contributed by atoms with van der Waals surface area (Å²) in [6.45, 7) is 0.987. The number of hydrogen-bond donors (Lipinski definition) is 2. The smallest absolute Gasteiger partial charge is 0.337 e. The number of carboxylic acid groups (broad SMARTS) is 1. The monoisotopic (exact) mass is 386 g/mol. The highest BCUT2D eigenvalue weighted by atomic mass is 32.2. The average molecular weight is 386 g/mol. The topological polar surface area (TPSA) is 114 Å². The van der Waals surface area contributed by atoms with Crippen LogP contribution in [-0.4, -0.2) is 40.6 Å². The van der Waals surface area contributed by atoms with E-state index in [2.05, 4.69) is 14.7 Å². The molecule has 0 saturated carbocycles. The number of imidazole rings is 1. The molecule has 9 heteroatoms. The quantitative estimate of drug-likeness (QED) is 0.573. The lowest BCUT2D eigenvalue weighted by atomic mass is 10.1. The highest BCUT2D eigenvalue weighted by Crippen LogP contribution is 2.21. The van der Waals surface area contributed by atoms with Crippen LogP contribution in [0.5, 0.6) is 0 Å². The van der Waals surface area contributed by atoms with Crippen LogP contribution in [0.25, 0.3) is 11.1 Å². The second-order valence-corrected chi connectivity index (χ2v) is 7.61. The molecule has 0 aliphatic rings. The van der Waals surface area contributed by atoms with E-state index in [0.29, 0.717) is 30.6 Å². The van der Waals surface area contributed by atoms with Crippen LogP contribution in [0, 0.1) is 0 Å². The summed E-state index contributed by atoms with van der Waals surface area (Å²) in [5.74, 6) is -1.07. The van der Waals surface area contributed by atoms with E-state index < -0.39 is 16.0 Å². The van der Waals surface area contributed by atoms with Crippen LogP contribution in [0.1, 0.15) is 16.8 Å². The first kappa shape index (κ1) is 18.7. The Morgan fingerprint density at radius 1 is 1.11 bits per heavy atom. The summed E-state index contributed by atoms with van der Waals surface area (Å²) in [6, 6.07) is 7.72. The van der Waals surface area contributed by atoms with Crippen LogP contribution < -0.4 is 4.72 Å². The van der Waals surface area contributed by atoms with Gasteiger partial charge in [0.2, 0.25) is 10.0 Å². The molecule has 2 N–H and O–H groups in total. The van der Waals surface area contributed by atoms with Crippen molar-refractivity contribution in [2.45, 2.75) is 17.9 Å². The molecule has 0 fully saturated rings. The highest BCUT2D eigenvalue weighted by molar-refractivity contribution is 7.89. The van der Waals surface area contributed by atoms with Gasteiger partial charge in [-0.05, 0) is 30.2 Å². The Morgan fingerprint density at radius 2 is 1.89 bits per heavy atom. The van der Waals surface area contributed by atoms with Crippen molar-refractivity contribution in [2.24, 2.45) is 0 Å². The van der Waals surface area contributed by atoms with E-state index in [1.54, 1.807) is 24.7 Å². The molecule has 0 unspecified atom stereocenters. The third-order valence-electron chi connectivity index (χ3n) is 3.93. The van der Waals surface area contributed by atoms with Crippen LogP contribution in [-0.2, 0) is 16.6 Å². The lowest BCUT2D eigenvalue weighted by Crippen LogP contribution is -2.25. The molecule has 2 aromatic heterocycles. The van der Waals surface area contributed by atoms with Crippen molar-refractivity contribution in [3.05, 3.63) is 67.0 Å². The molecular weight excluding hydrogens is 368 g/mol. The van der Waals surface area contributed by atoms with E-state index in [1.165, 1.54) is 30.6 Å². The number of rotatable bonds is 8. The largest absolute Gasteiger partial charge is 0.478 e. The predicted octanol–water partition coefficient (Wildman–Crippen LogP) is 2.01. The number of benzene rings is 1. The van der Waals surface area contributed by atoms with E-state index in [9.17, 15) is 13.2 Å². The number of aryl methyl sites for hydroxylation is 1. The lowest BCUT2D eigenvalue weighted by molar-refractivity contribution is 0.0696. The second-order valence-electron chi connectivity index (χ2n) is 5.84. The molecule has 0 aliphatic heterocycles. The Morgan fingerprint density at radius 3 is 2.56 bits per heavy atom. The van der Waals surface area contributed by atoms with Crippen molar-refractivity contribution in [1.82, 2.24) is 19.3 Å². The first-order valence-electron chi connectivity index (χ1n) is 8.20. The van der Waals surface area contributed by atoms with Crippen molar-refractivity contribution in [3.8, 4) is 11.1 Å². The normalized spacial score (nSPS) is 11.4. The number of nitrogens with one attached hydrogen (secondary N) is 1. The summed E-state index contributed by atoms with van der Waals surface area (Å²) in [4.78, 5) is 19.0. The predicted molar refractivity (Wildman–Crippen MR) is 98.7 cm³/mol. The fourth-order valence-corrected chi connectivity index (χ4v) is 3.59. The summed E-state index contributed by atoms with van der Waals surface area (Å²) in [5, 5.41) is 9.04. The van der Waals surface area contributed by atoms with E-state index in [-0.39, 0.29) is 10.5 Å². The third kappa shape index (κ3) is 4.78. The Balaban J connectivity index is 1.65. The molecule has 3 rings (SSSR count). The summed E-state index contributed by atoms with van der Waals surface area (Å²) in [5.41, 5.74) is 1.36. The van der Waals surface area contributed by atoms with Crippen LogP contribution in [0.2, 0.25) is 0 Å². The number of nitrogens with zero attached hydrogens (tertiary/aromatic N) is 3. The minimum atomic E-state index is -3.61. The molecular formula is C18H18N4O4S. The molecule has 8 nitrogen and oxygen atoms in total. The molecule has 140 valence electrons. The Hall–Kier alpha value is -3.04. The van der Waals surface area contributed by atoms with E-state index >= 15 is 0 Å². The van der Waals surface area contributed by atoms with Gasteiger partial charge in [0.25, 0.3) is 0 Å². The van der Waals surface area contributed by atoms with Crippen LogP contribution in [0.4, 0.5) is 0 Å². The Labute approximate surface area is 156 Å². The van der Waals surface area contributed by atoms with Crippen LogP contribution in [0.3, 0.4) is 0 Å². The van der Waals surface area contributed by atoms with E-state index in [0.717, 1.165) is 0 Å². The fourth-order valence-electron chi connectivity index (χ4n) is 2.51. The van der Waals surface area contributed by atoms with Gasteiger partial charge in [0.15, 0.2) is 0 Å². The molecule has 2 heterocycles. The summed E-state index contributed by atoms with van der Waals surface area (Å²) >= 11 is 0. The van der Waals surface area contributed by atoms with Gasteiger partial charge < -0.3 is 9.67 Å². The number of pyridine rings is 1. The van der Waals surface area contributed by atoms with Gasteiger partial charge in [-0.2, -0.15) is 0 Å². The van der Waals surface area contributed by atoms with Gasteiger partial charge in [-0.15, -0.1) is 0 Å². The molecule has 0 bridgehead atoms. The zero-order chi connectivity index (χ0) is 19.3. The van der Waals surface area contributed by atoms with Crippen molar-refractivity contribution in [3.63, 3.8) is 0 Å². The number of sulfonamides is 1. The number of carboxylic acids is 1. The molecule has 3 aromatic rings. The number of aromatic nitrogens is 3. The zero-order valence-corrected chi connectivity index (χ0v) is 15.1. The van der Waals surface area contributed by atoms with Gasteiger partial charge >= 0.3 is 5.97 Å². The molecule has 1 aromatic carbocycles. The number of carbonyl (C=O) groups is 1. The number of hydrogen-bond acceptors (Lipinski definition) is 5. The molecule has 0 amide bonds. The van der Waals surface area contributed by atoms with Crippen molar-refractivity contribution < 1.29 is 18.3 Å². The SMILES string of the molecule is O=C(O)c1cncc(-c2ccc(S(=O)(=O)NCCCn3ccnc3)cc2)c1. The maximum absolute atomic E-state index is 12.4. The second kappa shape index (κ2) is 8.11. The number of aromatic carboxylic acids is 1. The van der Waals surface area contributed by atoms with Gasteiger partial charge in [-0.1, -0.05) is 12.1 Å². The summed E-state index contributed by atoms with van der Waals surface area (Å²) < 4.78 is 29.2. The van der Waals surface area contributed by atoms with Crippen molar-refractivity contribution in [1.29, 1.82) is 0 Å². The Bertz CT molecular complexity index is 1020. The first-order valence-corrected chi connectivity index (χ1v) is 9.68. The average Bonchev–Trinajstić information content (AvgIpc) is 3.19. The minimum absolute atomic E-state index is 0.0729. The molecule has 0 aliphatic carbocycles. The van der Waals surface area contributed by atoms with Gasteiger partial charge in [-0.3, -0.25) is 4.98 Å². The minimum Gasteiger partial charge on any atom is -0.478 e. The zero-order valence-electron chi connectivity index (χ0n) is 14.3.